The van der Waals surface area contributed by atoms with Gasteiger partial charge >= 0.3 is 0 Å². The van der Waals surface area contributed by atoms with E-state index in [0.717, 1.165) is 17.1 Å². The van der Waals surface area contributed by atoms with Crippen molar-refractivity contribution in [1.29, 1.82) is 0 Å². The zero-order chi connectivity index (χ0) is 6.10. The van der Waals surface area contributed by atoms with Crippen LogP contribution in [-0.2, 0) is 0 Å². The lowest BCUT2D eigenvalue weighted by Crippen LogP contribution is -1.79. The minimum atomic E-state index is 0.944. The maximum atomic E-state index is 5.04. The zero-order valence-electron chi connectivity index (χ0n) is 4.66. The first-order valence-corrected chi connectivity index (χ1v) is 3.58. The highest BCUT2D eigenvalue weighted by Crippen LogP contribution is 2.27. The molecule has 1 aliphatic heterocycles. The molecule has 0 unspecified atom stereocenters. The number of ether oxygens (including phenoxy) is 1. The lowest BCUT2D eigenvalue weighted by atomic mass is 10.3. The predicted molar refractivity (Wildman–Crippen MR) is 39.3 cm³/mol. The molecule has 0 spiro atoms. The van der Waals surface area contributed by atoms with Gasteiger partial charge < -0.3 is 4.74 Å². The summed E-state index contributed by atoms with van der Waals surface area (Å²) < 4.78 is 5.04. The smallest absolute Gasteiger partial charge is 0.201 e. The van der Waals surface area contributed by atoms with E-state index in [0.29, 0.717) is 0 Å². The van der Waals surface area contributed by atoms with Gasteiger partial charge in [0.1, 0.15) is 5.75 Å². The van der Waals surface area contributed by atoms with Crippen LogP contribution in [0, 0.1) is 0 Å². The average Bonchev–Trinajstić information content (AvgIpc) is 2.33. The summed E-state index contributed by atoms with van der Waals surface area (Å²) in [5.41, 5.74) is 2.76. The predicted octanol–water partition coefficient (Wildman–Crippen LogP) is 1.54. The van der Waals surface area contributed by atoms with E-state index in [1.54, 1.807) is 0 Å². The van der Waals surface area contributed by atoms with Gasteiger partial charge in [-0.3, -0.25) is 0 Å². The van der Waals surface area contributed by atoms with Gasteiger partial charge in [-0.1, -0.05) is 12.1 Å². The van der Waals surface area contributed by atoms with Crippen LogP contribution < -0.4 is 4.74 Å². The highest BCUT2D eigenvalue weighted by Gasteiger charge is 2.02. The fourth-order valence-electron chi connectivity index (χ4n) is 0.757. The van der Waals surface area contributed by atoms with Gasteiger partial charge in [0.25, 0.3) is 0 Å². The summed E-state index contributed by atoms with van der Waals surface area (Å²) in [4.78, 5) is 1.21. The SMILES string of the molecule is [C]1=[SH]c2ccccc2O1. The van der Waals surface area contributed by atoms with Crippen molar-refractivity contribution in [2.24, 2.45) is 0 Å². The third-order valence-corrected chi connectivity index (χ3v) is 1.98. The largest absolute Gasteiger partial charge is 0.446 e. The Balaban J connectivity index is 2.63. The van der Waals surface area contributed by atoms with Crippen LogP contribution in [0.1, 0.15) is 0 Å². The summed E-state index contributed by atoms with van der Waals surface area (Å²) >= 11 is 1.05. The van der Waals surface area contributed by atoms with E-state index in [2.05, 4.69) is 5.55 Å². The third-order valence-electron chi connectivity index (χ3n) is 1.19. The molecule has 9 heavy (non-hydrogen) atoms. The maximum absolute atomic E-state index is 5.04. The van der Waals surface area contributed by atoms with E-state index in [4.69, 9.17) is 4.74 Å². The summed E-state index contributed by atoms with van der Waals surface area (Å²) in [5.74, 6) is 0.944. The molecule has 0 amide bonds. The van der Waals surface area contributed by atoms with Crippen LogP contribution in [0.5, 0.6) is 5.75 Å². The second-order valence-electron chi connectivity index (χ2n) is 1.77. The Kier molecular flexibility index (Phi) is 1.06. The molecule has 1 aromatic carbocycles. The number of hydrogen-bond donors (Lipinski definition) is 1. The molecule has 45 valence electrons. The average molecular weight is 137 g/mol. The second kappa shape index (κ2) is 1.88. The van der Waals surface area contributed by atoms with Crippen LogP contribution in [0.25, 0.3) is 0 Å². The van der Waals surface area contributed by atoms with Crippen molar-refractivity contribution >= 4 is 16.9 Å². The topological polar surface area (TPSA) is 9.23 Å². The Morgan fingerprint density at radius 1 is 1.33 bits per heavy atom. The molecule has 0 atom stereocenters. The Hall–Kier alpha value is -0.760. The molecule has 0 aromatic heterocycles. The van der Waals surface area contributed by atoms with Crippen LogP contribution in [0.3, 0.4) is 0 Å². The van der Waals surface area contributed by atoms with Crippen molar-refractivity contribution in [2.75, 3.05) is 0 Å². The Morgan fingerprint density at radius 2 is 2.22 bits per heavy atom. The fourth-order valence-corrected chi connectivity index (χ4v) is 1.39. The quantitative estimate of drug-likeness (QED) is 0.421. The first kappa shape index (κ1) is 5.06. The molecule has 1 aromatic rings. The van der Waals surface area contributed by atoms with E-state index in [-0.39, 0.29) is 0 Å². The number of para-hydroxylation sites is 1. The molecule has 1 nitrogen and oxygen atoms in total. The number of benzene rings is 1. The van der Waals surface area contributed by atoms with Crippen molar-refractivity contribution in [3.05, 3.63) is 24.3 Å². The molecule has 0 aliphatic carbocycles. The minimum Gasteiger partial charge on any atom is -0.446 e. The number of hydrogen-bond acceptors (Lipinski definition) is 1. The van der Waals surface area contributed by atoms with Crippen molar-refractivity contribution in [1.82, 2.24) is 0 Å². The van der Waals surface area contributed by atoms with Crippen LogP contribution >= 0.6 is 11.4 Å². The summed E-state index contributed by atoms with van der Waals surface area (Å²) in [6.45, 7) is 0. The lowest BCUT2D eigenvalue weighted by molar-refractivity contribution is 0.578. The monoisotopic (exact) mass is 137 g/mol. The first-order chi connectivity index (χ1) is 4.47. The van der Waals surface area contributed by atoms with E-state index < -0.39 is 0 Å². The number of fused-ring (bicyclic) bond motifs is 1. The van der Waals surface area contributed by atoms with Crippen LogP contribution in [0.2, 0.25) is 0 Å². The maximum Gasteiger partial charge on any atom is 0.201 e. The van der Waals surface area contributed by atoms with Gasteiger partial charge in [-0.15, -0.1) is 11.4 Å². The highest BCUT2D eigenvalue weighted by atomic mass is 32.1. The van der Waals surface area contributed by atoms with Crippen molar-refractivity contribution in [3.8, 4) is 5.75 Å². The lowest BCUT2D eigenvalue weighted by Gasteiger charge is -1.92. The molecular formula is C7H5OS. The molecular weight excluding hydrogens is 132 g/mol. The zero-order valence-corrected chi connectivity index (χ0v) is 5.56. The summed E-state index contributed by atoms with van der Waals surface area (Å²) in [5, 5.41) is 0. The van der Waals surface area contributed by atoms with Crippen molar-refractivity contribution in [2.45, 2.75) is 4.90 Å². The van der Waals surface area contributed by atoms with Crippen molar-refractivity contribution in [3.63, 3.8) is 0 Å². The van der Waals surface area contributed by atoms with E-state index in [9.17, 15) is 0 Å². The molecule has 0 saturated carbocycles. The third kappa shape index (κ3) is 0.754. The van der Waals surface area contributed by atoms with Crippen LogP contribution in [-0.4, -0.2) is 5.55 Å². The molecule has 2 heteroatoms. The van der Waals surface area contributed by atoms with Gasteiger partial charge in [-0.05, 0) is 12.1 Å². The van der Waals surface area contributed by atoms with Gasteiger partial charge in [0, 0.05) is 4.90 Å². The van der Waals surface area contributed by atoms with Gasteiger partial charge in [0.2, 0.25) is 5.55 Å². The van der Waals surface area contributed by atoms with Gasteiger partial charge in [-0.25, -0.2) is 0 Å². The Morgan fingerprint density at radius 3 is 3.11 bits per heavy atom. The van der Waals surface area contributed by atoms with E-state index in [1.807, 2.05) is 24.3 Å². The van der Waals surface area contributed by atoms with Crippen LogP contribution in [0.15, 0.2) is 29.2 Å². The van der Waals surface area contributed by atoms with Gasteiger partial charge in [0.05, 0.1) is 0 Å². The standard InChI is InChI=1S/C7H5OS/c1-2-4-7-6(3-1)8-5-9-7/h1-4,9H. The first-order valence-electron chi connectivity index (χ1n) is 2.68. The summed E-state index contributed by atoms with van der Waals surface area (Å²) in [6.07, 6.45) is 0. The second-order valence-corrected chi connectivity index (χ2v) is 2.66. The summed E-state index contributed by atoms with van der Waals surface area (Å²) in [6, 6.07) is 7.95. The fraction of sp³-hybridized carbons (Fsp3) is 0. The van der Waals surface area contributed by atoms with Gasteiger partial charge in [-0.2, -0.15) is 0 Å². The molecule has 2 rings (SSSR count). The summed E-state index contributed by atoms with van der Waals surface area (Å²) in [7, 11) is 0. The Bertz CT molecular complexity index is 255. The highest BCUT2D eigenvalue weighted by molar-refractivity contribution is 7.97. The van der Waals surface area contributed by atoms with Crippen LogP contribution in [0.4, 0.5) is 0 Å². The molecule has 0 fully saturated rings. The number of rotatable bonds is 0. The molecule has 1 aliphatic rings. The number of thiol groups is 1. The molecule has 0 N–H and O–H groups in total. The normalized spacial score (nSPS) is 13.8. The van der Waals surface area contributed by atoms with E-state index >= 15 is 0 Å². The van der Waals surface area contributed by atoms with Crippen molar-refractivity contribution < 1.29 is 4.74 Å². The van der Waals surface area contributed by atoms with E-state index in [1.165, 1.54) is 4.90 Å². The molecule has 0 saturated heterocycles. The molecule has 1 heterocycles. The minimum absolute atomic E-state index is 0.944. The Labute approximate surface area is 57.2 Å². The van der Waals surface area contributed by atoms with Gasteiger partial charge in [0.15, 0.2) is 0 Å². The molecule has 1 radical (unpaired) electrons. The molecule has 0 bridgehead atoms.